The third-order valence-corrected chi connectivity index (χ3v) is 1.08. The van der Waals surface area contributed by atoms with Crippen molar-refractivity contribution in [1.29, 1.82) is 0 Å². The van der Waals surface area contributed by atoms with E-state index >= 15 is 0 Å². The summed E-state index contributed by atoms with van der Waals surface area (Å²) in [5.41, 5.74) is 0. The number of alkyl carbamates (subject to hydrolysis) is 1. The van der Waals surface area contributed by atoms with Gasteiger partial charge < -0.3 is 9.84 Å². The van der Waals surface area contributed by atoms with E-state index in [0.29, 0.717) is 0 Å². The lowest BCUT2D eigenvalue weighted by atomic mass is 10.4. The Kier molecular flexibility index (Phi) is 5.82. The second-order valence-corrected chi connectivity index (χ2v) is 2.64. The number of carbonyl (C=O) groups excluding carboxylic acids is 2. The molecule has 0 rings (SSSR count). The Morgan fingerprint density at radius 2 is 2.08 bits per heavy atom. The van der Waals surface area contributed by atoms with Crippen LogP contribution >= 0.6 is 0 Å². The van der Waals surface area contributed by atoms with Crippen LogP contribution < -0.4 is 10.6 Å². The molecule has 6 nitrogen and oxygen atoms in total. The van der Waals surface area contributed by atoms with Crippen LogP contribution in [0.5, 0.6) is 0 Å². The number of amides is 2. The third-order valence-electron chi connectivity index (χ3n) is 1.08. The lowest BCUT2D eigenvalue weighted by molar-refractivity contribution is -0.123. The molecule has 0 spiro atoms. The van der Waals surface area contributed by atoms with E-state index in [1.807, 2.05) is 19.2 Å². The molecule has 0 aromatic carbocycles. The maximum Gasteiger partial charge on any atom is 0.415 e. The number of aliphatic hydroxyl groups is 1. The highest BCUT2D eigenvalue weighted by atomic mass is 16.6. The van der Waals surface area contributed by atoms with Crippen LogP contribution in [-0.4, -0.2) is 36.5 Å². The normalized spacial score (nSPS) is 9.85. The van der Waals surface area contributed by atoms with Crippen molar-refractivity contribution >= 4 is 12.0 Å². The van der Waals surface area contributed by atoms with Crippen LogP contribution in [-0.2, 0) is 9.53 Å². The lowest BCUT2D eigenvalue weighted by Crippen LogP contribution is -2.36. The fourth-order valence-corrected chi connectivity index (χ4v) is 0.463. The van der Waals surface area contributed by atoms with E-state index in [1.165, 1.54) is 0 Å². The molecular formula is C7H14N2O4. The first-order chi connectivity index (χ1) is 6.06. The summed E-state index contributed by atoms with van der Waals surface area (Å²) in [5.74, 6) is -0.783. The molecular weight excluding hydrogens is 176 g/mol. The van der Waals surface area contributed by atoms with Crippen molar-refractivity contribution < 1.29 is 19.4 Å². The zero-order valence-corrected chi connectivity index (χ0v) is 7.66. The predicted octanol–water partition coefficient (Wildman–Crippen LogP) is -0.813. The zero-order valence-electron chi connectivity index (χ0n) is 7.66. The van der Waals surface area contributed by atoms with Crippen LogP contribution in [0.15, 0.2) is 0 Å². The molecule has 3 N–H and O–H groups in total. The number of hydrogen-bond acceptors (Lipinski definition) is 5. The summed E-state index contributed by atoms with van der Waals surface area (Å²) in [5, 5.41) is 12.9. The van der Waals surface area contributed by atoms with Gasteiger partial charge in [0.15, 0.2) is 0 Å². The first-order valence-corrected chi connectivity index (χ1v) is 3.87. The molecule has 0 aliphatic carbocycles. The molecule has 0 saturated carbocycles. The van der Waals surface area contributed by atoms with E-state index < -0.39 is 18.6 Å². The van der Waals surface area contributed by atoms with Crippen LogP contribution in [0, 0.1) is 0 Å². The molecule has 6 heteroatoms. The van der Waals surface area contributed by atoms with Gasteiger partial charge in [0.2, 0.25) is 0 Å². The fourth-order valence-electron chi connectivity index (χ4n) is 0.463. The van der Waals surface area contributed by atoms with Gasteiger partial charge in [-0.3, -0.25) is 15.4 Å². The van der Waals surface area contributed by atoms with E-state index in [2.05, 4.69) is 10.1 Å². The van der Waals surface area contributed by atoms with Crippen molar-refractivity contribution in [2.75, 3.05) is 13.3 Å². The van der Waals surface area contributed by atoms with Crippen molar-refractivity contribution in [1.82, 2.24) is 10.6 Å². The molecule has 0 unspecified atom stereocenters. The van der Waals surface area contributed by atoms with E-state index in [4.69, 9.17) is 5.11 Å². The molecule has 76 valence electrons. The second-order valence-electron chi connectivity index (χ2n) is 2.64. The van der Waals surface area contributed by atoms with Gasteiger partial charge in [-0.15, -0.1) is 0 Å². The molecule has 13 heavy (non-hydrogen) atoms. The first-order valence-electron chi connectivity index (χ1n) is 3.87. The molecule has 0 atom stereocenters. The fraction of sp³-hybridized carbons (Fsp3) is 0.714. The van der Waals surface area contributed by atoms with Gasteiger partial charge in [-0.25, -0.2) is 4.79 Å². The summed E-state index contributed by atoms with van der Waals surface area (Å²) >= 11 is 0. The van der Waals surface area contributed by atoms with Crippen molar-refractivity contribution in [3.8, 4) is 0 Å². The average Bonchev–Trinajstić information content (AvgIpc) is 2.03. The Balaban J connectivity index is 3.46. The van der Waals surface area contributed by atoms with Gasteiger partial charge in [-0.2, -0.15) is 0 Å². The van der Waals surface area contributed by atoms with Crippen LogP contribution in [0.2, 0.25) is 0 Å². The van der Waals surface area contributed by atoms with Gasteiger partial charge in [0.1, 0.15) is 13.3 Å². The second kappa shape index (κ2) is 6.38. The largest absolute Gasteiger partial charge is 0.433 e. The maximum absolute atomic E-state index is 10.7. The zero-order chi connectivity index (χ0) is 10.3. The Labute approximate surface area is 76.3 Å². The van der Waals surface area contributed by atoms with Gasteiger partial charge in [0.25, 0.3) is 5.91 Å². The quantitative estimate of drug-likeness (QED) is 0.504. The topological polar surface area (TPSA) is 87.7 Å². The molecule has 0 heterocycles. The number of imide groups is 1. The maximum atomic E-state index is 10.7. The Bertz CT molecular complexity index is 181. The van der Waals surface area contributed by atoms with E-state index in [9.17, 15) is 9.59 Å². The standard InChI is InChI=1S/C7H14N2O4/c1-5(2)8-4-13-7(12)9-6(11)3-10/h5,8,10H,3-4H2,1-2H3,(H,9,11,12). The highest BCUT2D eigenvalue weighted by Gasteiger charge is 2.06. The SMILES string of the molecule is CC(C)NCOC(=O)NC(=O)CO. The number of carbonyl (C=O) groups is 2. The third kappa shape index (κ3) is 7.23. The van der Waals surface area contributed by atoms with Crippen molar-refractivity contribution in [3.05, 3.63) is 0 Å². The summed E-state index contributed by atoms with van der Waals surface area (Å²) in [6.45, 7) is 3.08. The van der Waals surface area contributed by atoms with Gasteiger partial charge in [0.05, 0.1) is 0 Å². The highest BCUT2D eigenvalue weighted by molar-refractivity contribution is 5.92. The Hall–Kier alpha value is -1.14. The van der Waals surface area contributed by atoms with Gasteiger partial charge in [0, 0.05) is 6.04 Å². The summed E-state index contributed by atoms with van der Waals surface area (Å²) in [7, 11) is 0. The highest BCUT2D eigenvalue weighted by Crippen LogP contribution is 1.79. The molecule has 2 amide bonds. The predicted molar refractivity (Wildman–Crippen MR) is 44.8 cm³/mol. The minimum atomic E-state index is -0.868. The van der Waals surface area contributed by atoms with Crippen molar-refractivity contribution in [3.63, 3.8) is 0 Å². The lowest BCUT2D eigenvalue weighted by Gasteiger charge is -2.08. The Morgan fingerprint density at radius 3 is 2.54 bits per heavy atom. The molecule has 0 aliphatic heterocycles. The minimum absolute atomic E-state index is 0.0300. The number of nitrogens with one attached hydrogen (secondary N) is 2. The monoisotopic (exact) mass is 190 g/mol. The van der Waals surface area contributed by atoms with Crippen molar-refractivity contribution in [2.24, 2.45) is 0 Å². The van der Waals surface area contributed by atoms with E-state index in [0.717, 1.165) is 0 Å². The molecule has 0 fully saturated rings. The van der Waals surface area contributed by atoms with Crippen LogP contribution in [0.4, 0.5) is 4.79 Å². The minimum Gasteiger partial charge on any atom is -0.433 e. The summed E-state index contributed by atoms with van der Waals surface area (Å²) in [6, 6.07) is 0.196. The number of rotatable bonds is 4. The number of hydrogen-bond donors (Lipinski definition) is 3. The Morgan fingerprint density at radius 1 is 1.46 bits per heavy atom. The smallest absolute Gasteiger partial charge is 0.415 e. The van der Waals surface area contributed by atoms with Gasteiger partial charge >= 0.3 is 6.09 Å². The summed E-state index contributed by atoms with van der Waals surface area (Å²) < 4.78 is 4.53. The van der Waals surface area contributed by atoms with Crippen LogP contribution in [0.25, 0.3) is 0 Å². The molecule has 0 saturated heterocycles. The van der Waals surface area contributed by atoms with E-state index in [-0.39, 0.29) is 12.8 Å². The van der Waals surface area contributed by atoms with E-state index in [1.54, 1.807) is 0 Å². The molecule has 0 aliphatic rings. The van der Waals surface area contributed by atoms with Crippen molar-refractivity contribution in [2.45, 2.75) is 19.9 Å². The average molecular weight is 190 g/mol. The van der Waals surface area contributed by atoms with Crippen LogP contribution in [0.1, 0.15) is 13.8 Å². The molecule has 0 aromatic rings. The van der Waals surface area contributed by atoms with Gasteiger partial charge in [-0.1, -0.05) is 0 Å². The molecule has 0 bridgehead atoms. The van der Waals surface area contributed by atoms with Gasteiger partial charge in [-0.05, 0) is 13.8 Å². The summed E-state index contributed by atoms with van der Waals surface area (Å²) in [4.78, 5) is 21.1. The van der Waals surface area contributed by atoms with Crippen LogP contribution in [0.3, 0.4) is 0 Å². The molecule has 0 aromatic heterocycles. The number of ether oxygens (including phenoxy) is 1. The molecule has 0 radical (unpaired) electrons. The first kappa shape index (κ1) is 11.9. The summed E-state index contributed by atoms with van der Waals surface area (Å²) in [6.07, 6.45) is -0.868. The number of aliphatic hydroxyl groups excluding tert-OH is 1.